The molecule has 1 aliphatic rings. The van der Waals surface area contributed by atoms with Crippen molar-refractivity contribution >= 4 is 17.7 Å². The Morgan fingerprint density at radius 1 is 1.35 bits per heavy atom. The second kappa shape index (κ2) is 7.01. The molecule has 3 heterocycles. The Morgan fingerprint density at radius 3 is 2.92 bits per heavy atom. The van der Waals surface area contributed by atoms with Crippen molar-refractivity contribution in [1.29, 1.82) is 0 Å². The fourth-order valence-electron chi connectivity index (χ4n) is 3.19. The van der Waals surface area contributed by atoms with Crippen molar-refractivity contribution in [2.45, 2.75) is 35.9 Å². The molecule has 134 valence electrons. The summed E-state index contributed by atoms with van der Waals surface area (Å²) in [4.78, 5) is 22.0. The third kappa shape index (κ3) is 3.40. The van der Waals surface area contributed by atoms with Gasteiger partial charge in [-0.3, -0.25) is 9.69 Å². The molecule has 7 heteroatoms. The SMILES string of the molecule is Cc1ccc(Sc2ccc(CN3CCc4[nH]cnc4[C@H]3C(=O)O)o2)cc1. The number of aromatic nitrogens is 2. The maximum atomic E-state index is 11.8. The van der Waals surface area contributed by atoms with E-state index in [-0.39, 0.29) is 0 Å². The number of imidazole rings is 1. The zero-order chi connectivity index (χ0) is 18.1. The van der Waals surface area contributed by atoms with E-state index < -0.39 is 12.0 Å². The molecule has 26 heavy (non-hydrogen) atoms. The molecule has 3 aromatic rings. The summed E-state index contributed by atoms with van der Waals surface area (Å²) < 4.78 is 5.92. The van der Waals surface area contributed by atoms with Crippen molar-refractivity contribution < 1.29 is 14.3 Å². The number of carbonyl (C=O) groups is 1. The highest BCUT2D eigenvalue weighted by atomic mass is 32.2. The lowest BCUT2D eigenvalue weighted by molar-refractivity contribution is -0.144. The summed E-state index contributed by atoms with van der Waals surface area (Å²) in [5, 5.41) is 10.4. The Hall–Kier alpha value is -2.51. The normalized spacial score (nSPS) is 17.2. The molecule has 0 bridgehead atoms. The third-order valence-electron chi connectivity index (χ3n) is 4.49. The first-order valence-corrected chi connectivity index (χ1v) is 9.24. The number of hydrogen-bond donors (Lipinski definition) is 2. The lowest BCUT2D eigenvalue weighted by Gasteiger charge is -2.31. The minimum Gasteiger partial charge on any atom is -0.480 e. The van der Waals surface area contributed by atoms with E-state index in [1.807, 2.05) is 17.0 Å². The number of nitrogens with one attached hydrogen (secondary N) is 1. The van der Waals surface area contributed by atoms with Gasteiger partial charge in [-0.25, -0.2) is 4.98 Å². The molecule has 2 aromatic heterocycles. The Kier molecular flexibility index (Phi) is 4.57. The van der Waals surface area contributed by atoms with E-state index in [9.17, 15) is 9.90 Å². The Labute approximate surface area is 155 Å². The fraction of sp³-hybridized carbons (Fsp3) is 0.263. The summed E-state index contributed by atoms with van der Waals surface area (Å²) in [6.45, 7) is 3.15. The summed E-state index contributed by atoms with van der Waals surface area (Å²) in [6, 6.07) is 11.4. The van der Waals surface area contributed by atoms with Crippen molar-refractivity contribution in [3.63, 3.8) is 0 Å². The molecular formula is C19H19N3O3S. The molecule has 4 rings (SSSR count). The van der Waals surface area contributed by atoms with E-state index in [0.29, 0.717) is 18.8 Å². The average Bonchev–Trinajstić information content (AvgIpc) is 3.25. The lowest BCUT2D eigenvalue weighted by atomic mass is 10.0. The zero-order valence-corrected chi connectivity index (χ0v) is 15.1. The molecule has 0 radical (unpaired) electrons. The van der Waals surface area contributed by atoms with Gasteiger partial charge in [0, 0.05) is 23.6 Å². The molecular weight excluding hydrogens is 350 g/mol. The largest absolute Gasteiger partial charge is 0.480 e. The zero-order valence-electron chi connectivity index (χ0n) is 14.3. The number of furan rings is 1. The van der Waals surface area contributed by atoms with Gasteiger partial charge in [-0.2, -0.15) is 0 Å². The monoisotopic (exact) mass is 369 g/mol. The van der Waals surface area contributed by atoms with Gasteiger partial charge in [-0.05, 0) is 31.2 Å². The van der Waals surface area contributed by atoms with Crippen LogP contribution in [0.3, 0.4) is 0 Å². The second-order valence-corrected chi connectivity index (χ2v) is 7.44. The number of aromatic amines is 1. The molecule has 1 atom stereocenters. The van der Waals surface area contributed by atoms with Gasteiger partial charge in [0.15, 0.2) is 11.1 Å². The number of fused-ring (bicyclic) bond motifs is 1. The van der Waals surface area contributed by atoms with Crippen LogP contribution in [0.2, 0.25) is 0 Å². The minimum absolute atomic E-state index is 0.442. The van der Waals surface area contributed by atoms with Gasteiger partial charge in [-0.15, -0.1) is 0 Å². The number of carboxylic acids is 1. The van der Waals surface area contributed by atoms with Crippen molar-refractivity contribution in [1.82, 2.24) is 14.9 Å². The number of benzene rings is 1. The highest BCUT2D eigenvalue weighted by Crippen LogP contribution is 2.32. The summed E-state index contributed by atoms with van der Waals surface area (Å²) in [7, 11) is 0. The highest BCUT2D eigenvalue weighted by Gasteiger charge is 2.35. The van der Waals surface area contributed by atoms with Gasteiger partial charge in [-0.1, -0.05) is 29.5 Å². The summed E-state index contributed by atoms with van der Waals surface area (Å²) in [5.41, 5.74) is 2.73. The number of carboxylic acid groups (broad SMARTS) is 1. The van der Waals surface area contributed by atoms with Crippen LogP contribution in [0.4, 0.5) is 0 Å². The molecule has 0 aliphatic carbocycles. The van der Waals surface area contributed by atoms with Gasteiger partial charge in [0.1, 0.15) is 5.76 Å². The van der Waals surface area contributed by atoms with Crippen LogP contribution < -0.4 is 0 Å². The van der Waals surface area contributed by atoms with Crippen LogP contribution in [0.15, 0.2) is 57.1 Å². The Bertz CT molecular complexity index is 916. The van der Waals surface area contributed by atoms with Gasteiger partial charge in [0.25, 0.3) is 0 Å². The fourth-order valence-corrected chi connectivity index (χ4v) is 3.98. The molecule has 1 aliphatic heterocycles. The molecule has 0 spiro atoms. The van der Waals surface area contributed by atoms with Crippen molar-refractivity contribution in [3.8, 4) is 0 Å². The van der Waals surface area contributed by atoms with E-state index in [0.717, 1.165) is 27.9 Å². The van der Waals surface area contributed by atoms with Gasteiger partial charge < -0.3 is 14.5 Å². The molecule has 0 saturated carbocycles. The third-order valence-corrected chi connectivity index (χ3v) is 5.42. The molecule has 2 N–H and O–H groups in total. The van der Waals surface area contributed by atoms with E-state index in [2.05, 4.69) is 41.2 Å². The van der Waals surface area contributed by atoms with Crippen LogP contribution in [0.5, 0.6) is 0 Å². The average molecular weight is 369 g/mol. The van der Waals surface area contributed by atoms with Crippen molar-refractivity contribution in [2.24, 2.45) is 0 Å². The minimum atomic E-state index is -0.890. The first-order chi connectivity index (χ1) is 12.6. The van der Waals surface area contributed by atoms with Crippen LogP contribution in [-0.4, -0.2) is 32.5 Å². The van der Waals surface area contributed by atoms with Gasteiger partial charge in [0.05, 0.1) is 18.6 Å². The summed E-state index contributed by atoms with van der Waals surface area (Å²) >= 11 is 1.56. The smallest absolute Gasteiger partial charge is 0.327 e. The Balaban J connectivity index is 1.48. The van der Waals surface area contributed by atoms with Crippen molar-refractivity contribution in [3.05, 3.63) is 65.4 Å². The highest BCUT2D eigenvalue weighted by molar-refractivity contribution is 7.99. The number of aryl methyl sites for hydroxylation is 1. The summed E-state index contributed by atoms with van der Waals surface area (Å²) in [6.07, 6.45) is 2.32. The van der Waals surface area contributed by atoms with Gasteiger partial charge >= 0.3 is 5.97 Å². The maximum Gasteiger partial charge on any atom is 0.327 e. The van der Waals surface area contributed by atoms with E-state index in [1.165, 1.54) is 5.56 Å². The van der Waals surface area contributed by atoms with Crippen LogP contribution >= 0.6 is 11.8 Å². The van der Waals surface area contributed by atoms with Crippen molar-refractivity contribution in [2.75, 3.05) is 6.54 Å². The number of nitrogens with zero attached hydrogens (tertiary/aromatic N) is 2. The molecule has 6 nitrogen and oxygen atoms in total. The second-order valence-electron chi connectivity index (χ2n) is 6.36. The maximum absolute atomic E-state index is 11.8. The Morgan fingerprint density at radius 2 is 2.15 bits per heavy atom. The van der Waals surface area contributed by atoms with Crippen LogP contribution in [0.25, 0.3) is 0 Å². The van der Waals surface area contributed by atoms with Gasteiger partial charge in [0.2, 0.25) is 0 Å². The molecule has 0 amide bonds. The van der Waals surface area contributed by atoms with E-state index in [4.69, 9.17) is 4.42 Å². The van der Waals surface area contributed by atoms with E-state index >= 15 is 0 Å². The number of aliphatic carboxylic acids is 1. The number of hydrogen-bond acceptors (Lipinski definition) is 5. The predicted octanol–water partition coefficient (Wildman–Crippen LogP) is 3.65. The first-order valence-electron chi connectivity index (χ1n) is 8.42. The molecule has 0 fully saturated rings. The van der Waals surface area contributed by atoms with E-state index in [1.54, 1.807) is 18.1 Å². The molecule has 0 unspecified atom stereocenters. The quantitative estimate of drug-likeness (QED) is 0.714. The van der Waals surface area contributed by atoms with Crippen LogP contribution in [0, 0.1) is 6.92 Å². The topological polar surface area (TPSA) is 82.4 Å². The molecule has 0 saturated heterocycles. The van der Waals surface area contributed by atoms with Crippen LogP contribution in [0.1, 0.15) is 28.8 Å². The number of rotatable bonds is 5. The number of H-pyrrole nitrogens is 1. The standard InChI is InChI=1S/C19H19N3O3S/c1-12-2-5-14(6-3-12)26-16-7-4-13(25-16)10-22-9-8-15-17(21-11-20-15)18(22)19(23)24/h2-7,11,18H,8-10H2,1H3,(H,20,21)(H,23,24)/t18-/m0/s1. The summed E-state index contributed by atoms with van der Waals surface area (Å²) in [5.74, 6) is -0.135. The molecule has 1 aromatic carbocycles. The van der Waals surface area contributed by atoms with Crippen LogP contribution in [-0.2, 0) is 17.8 Å². The predicted molar refractivity (Wildman–Crippen MR) is 97.1 cm³/mol. The first kappa shape index (κ1) is 16.9. The lowest BCUT2D eigenvalue weighted by Crippen LogP contribution is -2.39.